The zero-order valence-corrected chi connectivity index (χ0v) is 17.5. The van der Waals surface area contributed by atoms with Crippen LogP contribution in [0.3, 0.4) is 0 Å². The number of amides is 1. The van der Waals surface area contributed by atoms with Gasteiger partial charge in [0.2, 0.25) is 5.91 Å². The maximum Gasteiger partial charge on any atom is 0.234 e. The lowest BCUT2D eigenvalue weighted by atomic mass is 10.1. The Bertz CT molecular complexity index is 742. The van der Waals surface area contributed by atoms with E-state index in [4.69, 9.17) is 0 Å². The molecule has 2 heterocycles. The van der Waals surface area contributed by atoms with Crippen LogP contribution < -0.4 is 10.2 Å². The molecule has 0 radical (unpaired) electrons. The summed E-state index contributed by atoms with van der Waals surface area (Å²) in [5, 5.41) is 3.62. The van der Waals surface area contributed by atoms with Crippen molar-refractivity contribution in [2.75, 3.05) is 29.1 Å². The van der Waals surface area contributed by atoms with E-state index in [0.29, 0.717) is 10.9 Å². The van der Waals surface area contributed by atoms with Gasteiger partial charge in [-0.3, -0.25) is 4.79 Å². The van der Waals surface area contributed by atoms with Gasteiger partial charge in [-0.05, 0) is 49.4 Å². The number of nitrogens with zero attached hydrogens (tertiary/aromatic N) is 3. The minimum atomic E-state index is -0.0323. The van der Waals surface area contributed by atoms with Crippen molar-refractivity contribution < 1.29 is 4.79 Å². The SMILES string of the molecule is CCCCc1ccc(NC(=O)CSc2nccc(N3CCCCCC3)n2)cc1. The van der Waals surface area contributed by atoms with Crippen LogP contribution in [0.1, 0.15) is 51.0 Å². The standard InChI is InChI=1S/C22H30N4OS/c1-2-3-8-18-9-11-19(12-10-18)24-21(27)17-28-22-23-14-13-20(25-22)26-15-6-4-5-7-16-26/h9-14H,2-8,15-17H2,1H3,(H,24,27). The second-order valence-electron chi connectivity index (χ2n) is 7.24. The molecule has 150 valence electrons. The Labute approximate surface area is 172 Å². The van der Waals surface area contributed by atoms with Gasteiger partial charge in [0.05, 0.1) is 5.75 Å². The minimum absolute atomic E-state index is 0.0323. The van der Waals surface area contributed by atoms with E-state index in [0.717, 1.165) is 31.0 Å². The first-order valence-corrected chi connectivity index (χ1v) is 11.3. The average molecular weight is 399 g/mol. The summed E-state index contributed by atoms with van der Waals surface area (Å²) in [6.45, 7) is 4.30. The van der Waals surface area contributed by atoms with Gasteiger partial charge in [0, 0.05) is 25.0 Å². The molecule has 6 heteroatoms. The Hall–Kier alpha value is -2.08. The highest BCUT2D eigenvalue weighted by atomic mass is 32.2. The number of nitrogens with one attached hydrogen (secondary N) is 1. The molecule has 1 amide bonds. The highest BCUT2D eigenvalue weighted by Gasteiger charge is 2.13. The maximum absolute atomic E-state index is 12.3. The Morgan fingerprint density at radius 3 is 2.57 bits per heavy atom. The first-order chi connectivity index (χ1) is 13.7. The van der Waals surface area contributed by atoms with E-state index in [-0.39, 0.29) is 5.91 Å². The summed E-state index contributed by atoms with van der Waals surface area (Å²) in [5.74, 6) is 1.25. The second-order valence-corrected chi connectivity index (χ2v) is 8.18. The fourth-order valence-electron chi connectivity index (χ4n) is 3.34. The van der Waals surface area contributed by atoms with Gasteiger partial charge in [0.25, 0.3) is 0 Å². The quantitative estimate of drug-likeness (QED) is 0.505. The van der Waals surface area contributed by atoms with Crippen molar-refractivity contribution in [3.05, 3.63) is 42.1 Å². The Morgan fingerprint density at radius 2 is 1.86 bits per heavy atom. The smallest absolute Gasteiger partial charge is 0.234 e. The third-order valence-electron chi connectivity index (χ3n) is 4.94. The largest absolute Gasteiger partial charge is 0.356 e. The van der Waals surface area contributed by atoms with Crippen molar-refractivity contribution >= 4 is 29.2 Å². The van der Waals surface area contributed by atoms with Gasteiger partial charge in [-0.2, -0.15) is 0 Å². The molecule has 1 aromatic carbocycles. The first-order valence-electron chi connectivity index (χ1n) is 10.3. The second kappa shape index (κ2) is 11.1. The molecule has 3 rings (SSSR count). The van der Waals surface area contributed by atoms with Crippen LogP contribution in [0, 0.1) is 0 Å². The Balaban J connectivity index is 1.49. The summed E-state index contributed by atoms with van der Waals surface area (Å²) in [5.41, 5.74) is 2.15. The number of aromatic nitrogens is 2. The van der Waals surface area contributed by atoms with Crippen LogP contribution in [0.2, 0.25) is 0 Å². The summed E-state index contributed by atoms with van der Waals surface area (Å²) in [6, 6.07) is 10.1. The van der Waals surface area contributed by atoms with Gasteiger partial charge in [-0.1, -0.05) is 50.1 Å². The van der Waals surface area contributed by atoms with Crippen LogP contribution in [0.25, 0.3) is 0 Å². The topological polar surface area (TPSA) is 58.1 Å². The number of hydrogen-bond donors (Lipinski definition) is 1. The van der Waals surface area contributed by atoms with Crippen LogP contribution in [0.5, 0.6) is 0 Å². The van der Waals surface area contributed by atoms with Gasteiger partial charge in [0.15, 0.2) is 5.16 Å². The Kier molecular flexibility index (Phi) is 8.15. The summed E-state index contributed by atoms with van der Waals surface area (Å²) in [4.78, 5) is 23.6. The van der Waals surface area contributed by atoms with Crippen LogP contribution in [0.4, 0.5) is 11.5 Å². The van der Waals surface area contributed by atoms with E-state index in [1.807, 2.05) is 18.2 Å². The number of benzene rings is 1. The van der Waals surface area contributed by atoms with E-state index < -0.39 is 0 Å². The predicted molar refractivity (Wildman–Crippen MR) is 117 cm³/mol. The van der Waals surface area contributed by atoms with Gasteiger partial charge >= 0.3 is 0 Å². The number of hydrogen-bond acceptors (Lipinski definition) is 5. The molecule has 0 unspecified atom stereocenters. The molecule has 1 aromatic heterocycles. The highest BCUT2D eigenvalue weighted by Crippen LogP contribution is 2.21. The van der Waals surface area contributed by atoms with Gasteiger partial charge in [-0.15, -0.1) is 0 Å². The fourth-order valence-corrected chi connectivity index (χ4v) is 3.97. The predicted octanol–water partition coefficient (Wildman–Crippen LogP) is 4.93. The molecular weight excluding hydrogens is 368 g/mol. The number of aryl methyl sites for hydroxylation is 1. The van der Waals surface area contributed by atoms with E-state index in [1.54, 1.807) is 6.20 Å². The molecule has 1 saturated heterocycles. The van der Waals surface area contributed by atoms with Crippen molar-refractivity contribution in [2.24, 2.45) is 0 Å². The van der Waals surface area contributed by atoms with Crippen molar-refractivity contribution in [1.29, 1.82) is 0 Å². The fraction of sp³-hybridized carbons (Fsp3) is 0.500. The molecule has 0 spiro atoms. The molecule has 2 aromatic rings. The zero-order chi connectivity index (χ0) is 19.6. The lowest BCUT2D eigenvalue weighted by Gasteiger charge is -2.21. The molecule has 0 bridgehead atoms. The number of anilines is 2. The van der Waals surface area contributed by atoms with E-state index in [9.17, 15) is 4.79 Å². The minimum Gasteiger partial charge on any atom is -0.356 e. The van der Waals surface area contributed by atoms with Crippen molar-refractivity contribution in [3.63, 3.8) is 0 Å². The molecule has 1 aliphatic rings. The van der Waals surface area contributed by atoms with Gasteiger partial charge in [-0.25, -0.2) is 9.97 Å². The molecule has 0 saturated carbocycles. The van der Waals surface area contributed by atoms with Crippen molar-refractivity contribution in [3.8, 4) is 0 Å². The van der Waals surface area contributed by atoms with Crippen LogP contribution in [-0.4, -0.2) is 34.7 Å². The van der Waals surface area contributed by atoms with Gasteiger partial charge < -0.3 is 10.2 Å². The summed E-state index contributed by atoms with van der Waals surface area (Å²) in [6.07, 6.45) is 10.3. The number of carbonyl (C=O) groups is 1. The van der Waals surface area contributed by atoms with Crippen molar-refractivity contribution in [2.45, 2.75) is 57.0 Å². The summed E-state index contributed by atoms with van der Waals surface area (Å²) >= 11 is 1.38. The van der Waals surface area contributed by atoms with Crippen LogP contribution in [-0.2, 0) is 11.2 Å². The van der Waals surface area contributed by atoms with E-state index in [2.05, 4.69) is 39.2 Å². The summed E-state index contributed by atoms with van der Waals surface area (Å²) < 4.78 is 0. The third-order valence-corrected chi connectivity index (χ3v) is 5.80. The van der Waals surface area contributed by atoms with Crippen molar-refractivity contribution in [1.82, 2.24) is 9.97 Å². The first kappa shape index (κ1) is 20.6. The molecular formula is C22H30N4OS. The molecule has 28 heavy (non-hydrogen) atoms. The third kappa shape index (κ3) is 6.51. The maximum atomic E-state index is 12.3. The molecule has 0 aliphatic carbocycles. The normalized spacial score (nSPS) is 14.5. The highest BCUT2D eigenvalue weighted by molar-refractivity contribution is 7.99. The Morgan fingerprint density at radius 1 is 1.11 bits per heavy atom. The number of thioether (sulfide) groups is 1. The summed E-state index contributed by atoms with van der Waals surface area (Å²) in [7, 11) is 0. The van der Waals surface area contributed by atoms with Crippen LogP contribution >= 0.6 is 11.8 Å². The number of rotatable bonds is 8. The van der Waals surface area contributed by atoms with E-state index >= 15 is 0 Å². The molecule has 0 atom stereocenters. The average Bonchev–Trinajstić information content (AvgIpc) is 3.02. The lowest BCUT2D eigenvalue weighted by Crippen LogP contribution is -2.25. The molecule has 1 N–H and O–H groups in total. The van der Waals surface area contributed by atoms with Crippen LogP contribution in [0.15, 0.2) is 41.7 Å². The lowest BCUT2D eigenvalue weighted by molar-refractivity contribution is -0.113. The van der Waals surface area contributed by atoms with E-state index in [1.165, 1.54) is 55.9 Å². The monoisotopic (exact) mass is 398 g/mol. The number of carbonyl (C=O) groups excluding carboxylic acids is 1. The molecule has 5 nitrogen and oxygen atoms in total. The number of unbranched alkanes of at least 4 members (excludes halogenated alkanes) is 1. The molecule has 1 fully saturated rings. The van der Waals surface area contributed by atoms with Gasteiger partial charge in [0.1, 0.15) is 5.82 Å². The molecule has 1 aliphatic heterocycles. The zero-order valence-electron chi connectivity index (χ0n) is 16.7.